The molecule has 0 bridgehead atoms. The first-order valence-electron chi connectivity index (χ1n) is 10.0. The van der Waals surface area contributed by atoms with Gasteiger partial charge in [-0.25, -0.2) is 8.42 Å². The fourth-order valence-electron chi connectivity index (χ4n) is 3.15. The van der Waals surface area contributed by atoms with Crippen LogP contribution in [0.5, 0.6) is 5.75 Å². The van der Waals surface area contributed by atoms with Gasteiger partial charge in [-0.2, -0.15) is 0 Å². The first-order chi connectivity index (χ1) is 14.8. The minimum absolute atomic E-state index is 0.105. The zero-order valence-corrected chi connectivity index (χ0v) is 18.6. The van der Waals surface area contributed by atoms with Gasteiger partial charge >= 0.3 is 0 Å². The van der Waals surface area contributed by atoms with Crippen LogP contribution in [0.15, 0.2) is 77.7 Å². The molecule has 1 amide bonds. The quantitative estimate of drug-likeness (QED) is 0.524. The minimum Gasteiger partial charge on any atom is -0.481 e. The van der Waals surface area contributed by atoms with Crippen molar-refractivity contribution in [2.24, 2.45) is 0 Å². The van der Waals surface area contributed by atoms with Gasteiger partial charge in [0.25, 0.3) is 15.9 Å². The summed E-state index contributed by atoms with van der Waals surface area (Å²) in [6.45, 7) is 5.82. The van der Waals surface area contributed by atoms with Crippen molar-refractivity contribution in [3.63, 3.8) is 0 Å². The SMILES string of the molecule is CC[C@H](Oc1cc(C)cc(C)c1)C(=O)Nc1ccc(S(=O)(=O)Nc2ccccc2)cc1. The number of para-hydroxylation sites is 1. The molecule has 7 heteroatoms. The van der Waals surface area contributed by atoms with Gasteiger partial charge in [0.05, 0.1) is 4.90 Å². The number of aryl methyl sites for hydroxylation is 2. The number of carbonyl (C=O) groups excluding carboxylic acids is 1. The number of benzene rings is 3. The van der Waals surface area contributed by atoms with E-state index >= 15 is 0 Å². The molecule has 31 heavy (non-hydrogen) atoms. The summed E-state index contributed by atoms with van der Waals surface area (Å²) in [6, 6.07) is 20.5. The number of ether oxygens (including phenoxy) is 1. The van der Waals surface area contributed by atoms with Crippen molar-refractivity contribution in [1.29, 1.82) is 0 Å². The van der Waals surface area contributed by atoms with Gasteiger partial charge in [-0.05, 0) is 79.9 Å². The fraction of sp³-hybridized carbons (Fsp3) is 0.208. The third kappa shape index (κ3) is 6.08. The van der Waals surface area contributed by atoms with E-state index in [1.165, 1.54) is 12.1 Å². The van der Waals surface area contributed by atoms with Crippen LogP contribution in [0.4, 0.5) is 11.4 Å². The van der Waals surface area contributed by atoms with E-state index in [9.17, 15) is 13.2 Å². The lowest BCUT2D eigenvalue weighted by molar-refractivity contribution is -0.122. The number of hydrogen-bond acceptors (Lipinski definition) is 4. The third-order valence-corrected chi connectivity index (χ3v) is 5.99. The first-order valence-corrected chi connectivity index (χ1v) is 11.5. The molecule has 0 heterocycles. The van der Waals surface area contributed by atoms with Gasteiger partial charge < -0.3 is 10.1 Å². The molecule has 0 aliphatic heterocycles. The van der Waals surface area contributed by atoms with Crippen LogP contribution in [0, 0.1) is 13.8 Å². The number of carbonyl (C=O) groups is 1. The Hall–Kier alpha value is -3.32. The lowest BCUT2D eigenvalue weighted by Crippen LogP contribution is -2.32. The Balaban J connectivity index is 1.67. The van der Waals surface area contributed by atoms with Gasteiger partial charge in [0.1, 0.15) is 5.75 Å². The van der Waals surface area contributed by atoms with Crippen LogP contribution in [-0.4, -0.2) is 20.4 Å². The second-order valence-electron chi connectivity index (χ2n) is 7.32. The second-order valence-corrected chi connectivity index (χ2v) is 9.01. The standard InChI is InChI=1S/C24H26N2O4S/c1-4-23(30-21-15-17(2)14-18(3)16-21)24(27)25-19-10-12-22(13-11-19)31(28,29)26-20-8-6-5-7-9-20/h5-16,23,26H,4H2,1-3H3,(H,25,27)/t23-/m0/s1. The van der Waals surface area contributed by atoms with Gasteiger partial charge in [-0.3, -0.25) is 9.52 Å². The molecule has 0 fully saturated rings. The van der Waals surface area contributed by atoms with Crippen LogP contribution >= 0.6 is 0 Å². The molecular formula is C24H26N2O4S. The van der Waals surface area contributed by atoms with Crippen molar-refractivity contribution in [3.05, 3.63) is 83.9 Å². The summed E-state index contributed by atoms with van der Waals surface area (Å²) in [5, 5.41) is 2.79. The summed E-state index contributed by atoms with van der Waals surface area (Å²) in [5.74, 6) is 0.354. The minimum atomic E-state index is -3.72. The summed E-state index contributed by atoms with van der Waals surface area (Å²) >= 11 is 0. The van der Waals surface area contributed by atoms with Crippen LogP contribution < -0.4 is 14.8 Å². The van der Waals surface area contributed by atoms with E-state index in [1.807, 2.05) is 45.0 Å². The summed E-state index contributed by atoms with van der Waals surface area (Å²) < 4.78 is 33.5. The molecule has 0 radical (unpaired) electrons. The van der Waals surface area contributed by atoms with Crippen molar-refractivity contribution in [1.82, 2.24) is 0 Å². The van der Waals surface area contributed by atoms with Crippen LogP contribution in [0.25, 0.3) is 0 Å². The summed E-state index contributed by atoms with van der Waals surface area (Å²) in [5.41, 5.74) is 3.10. The van der Waals surface area contributed by atoms with Crippen molar-refractivity contribution < 1.29 is 17.9 Å². The van der Waals surface area contributed by atoms with Crippen LogP contribution in [0.2, 0.25) is 0 Å². The Morgan fingerprint density at radius 1 is 0.903 bits per heavy atom. The van der Waals surface area contributed by atoms with Crippen molar-refractivity contribution in [3.8, 4) is 5.75 Å². The molecule has 1 atom stereocenters. The van der Waals surface area contributed by atoms with Gasteiger partial charge in [-0.1, -0.05) is 31.2 Å². The summed E-state index contributed by atoms with van der Waals surface area (Å²) in [7, 11) is -3.72. The molecule has 2 N–H and O–H groups in total. The number of sulfonamides is 1. The fourth-order valence-corrected chi connectivity index (χ4v) is 4.21. The van der Waals surface area contributed by atoms with E-state index in [-0.39, 0.29) is 10.8 Å². The molecule has 0 aliphatic rings. The molecule has 3 aromatic rings. The second kappa shape index (κ2) is 9.66. The average Bonchev–Trinajstić information content (AvgIpc) is 2.72. The topological polar surface area (TPSA) is 84.5 Å². The van der Waals surface area contributed by atoms with Gasteiger partial charge in [0.15, 0.2) is 6.10 Å². The number of anilines is 2. The molecular weight excluding hydrogens is 412 g/mol. The normalized spacial score (nSPS) is 12.1. The lowest BCUT2D eigenvalue weighted by atomic mass is 10.1. The highest BCUT2D eigenvalue weighted by atomic mass is 32.2. The Morgan fingerprint density at radius 2 is 1.52 bits per heavy atom. The number of hydrogen-bond donors (Lipinski definition) is 2. The molecule has 0 spiro atoms. The Labute approximate surface area is 183 Å². The van der Waals surface area contributed by atoms with Crippen LogP contribution in [0.3, 0.4) is 0 Å². The van der Waals surface area contributed by atoms with Crippen molar-refractivity contribution >= 4 is 27.3 Å². The molecule has 0 aliphatic carbocycles. The molecule has 6 nitrogen and oxygen atoms in total. The predicted molar refractivity (Wildman–Crippen MR) is 123 cm³/mol. The molecule has 0 saturated carbocycles. The van der Waals surface area contributed by atoms with E-state index < -0.39 is 16.1 Å². The molecule has 0 saturated heterocycles. The van der Waals surface area contributed by atoms with Gasteiger partial charge in [0.2, 0.25) is 0 Å². The Bertz CT molecular complexity index is 1120. The average molecular weight is 439 g/mol. The van der Waals surface area contributed by atoms with Crippen molar-refractivity contribution in [2.75, 3.05) is 10.0 Å². The third-order valence-electron chi connectivity index (χ3n) is 4.59. The molecule has 0 unspecified atom stereocenters. The first kappa shape index (κ1) is 22.4. The van der Waals surface area contributed by atoms with Gasteiger partial charge in [-0.15, -0.1) is 0 Å². The smallest absolute Gasteiger partial charge is 0.265 e. The highest BCUT2D eigenvalue weighted by Gasteiger charge is 2.20. The van der Waals surface area contributed by atoms with E-state index in [1.54, 1.807) is 36.4 Å². The maximum Gasteiger partial charge on any atom is 0.265 e. The number of rotatable bonds is 8. The Morgan fingerprint density at radius 3 is 2.10 bits per heavy atom. The van der Waals surface area contributed by atoms with Crippen LogP contribution in [0.1, 0.15) is 24.5 Å². The predicted octanol–water partition coefficient (Wildman–Crippen LogP) is 4.90. The highest BCUT2D eigenvalue weighted by Crippen LogP contribution is 2.21. The largest absolute Gasteiger partial charge is 0.481 e. The van der Waals surface area contributed by atoms with Gasteiger partial charge in [0, 0.05) is 11.4 Å². The summed E-state index contributed by atoms with van der Waals surface area (Å²) in [4.78, 5) is 12.8. The maximum atomic E-state index is 12.7. The Kier molecular flexibility index (Phi) is 6.97. The van der Waals surface area contributed by atoms with Crippen molar-refractivity contribution in [2.45, 2.75) is 38.2 Å². The van der Waals surface area contributed by atoms with E-state index in [0.717, 1.165) is 11.1 Å². The zero-order chi connectivity index (χ0) is 22.4. The molecule has 3 aromatic carbocycles. The number of amides is 1. The number of nitrogens with one attached hydrogen (secondary N) is 2. The molecule has 0 aromatic heterocycles. The zero-order valence-electron chi connectivity index (χ0n) is 17.8. The van der Waals surface area contributed by atoms with E-state index in [2.05, 4.69) is 10.0 Å². The van der Waals surface area contributed by atoms with E-state index in [0.29, 0.717) is 23.5 Å². The highest BCUT2D eigenvalue weighted by molar-refractivity contribution is 7.92. The lowest BCUT2D eigenvalue weighted by Gasteiger charge is -2.18. The maximum absolute atomic E-state index is 12.7. The van der Waals surface area contributed by atoms with E-state index in [4.69, 9.17) is 4.74 Å². The monoisotopic (exact) mass is 438 g/mol. The molecule has 162 valence electrons. The summed E-state index contributed by atoms with van der Waals surface area (Å²) in [6.07, 6.45) is -0.170. The molecule has 3 rings (SSSR count). The van der Waals surface area contributed by atoms with Crippen LogP contribution in [-0.2, 0) is 14.8 Å².